The highest BCUT2D eigenvalue weighted by Crippen LogP contribution is 2.29. The van der Waals surface area contributed by atoms with E-state index < -0.39 is 0 Å². The average Bonchev–Trinajstić information content (AvgIpc) is 2.02. The first kappa shape index (κ1) is 8.39. The van der Waals surface area contributed by atoms with Crippen LogP contribution in [-0.2, 0) is 0 Å². The van der Waals surface area contributed by atoms with Crippen molar-refractivity contribution in [3.63, 3.8) is 0 Å². The lowest BCUT2D eigenvalue weighted by Gasteiger charge is -2.04. The van der Waals surface area contributed by atoms with Crippen molar-refractivity contribution in [3.8, 4) is 5.75 Å². The van der Waals surface area contributed by atoms with Gasteiger partial charge in [0.2, 0.25) is 0 Å². The molecule has 13 heavy (non-hydrogen) atoms. The summed E-state index contributed by atoms with van der Waals surface area (Å²) in [6.45, 7) is 1.94. The number of fused-ring (bicyclic) bond motifs is 1. The lowest BCUT2D eigenvalue weighted by Crippen LogP contribution is -1.79. The van der Waals surface area contributed by atoms with Crippen molar-refractivity contribution in [2.24, 2.45) is 0 Å². The summed E-state index contributed by atoms with van der Waals surface area (Å²) >= 11 is 6.03. The van der Waals surface area contributed by atoms with Crippen LogP contribution >= 0.6 is 11.6 Å². The highest BCUT2D eigenvalue weighted by atomic mass is 35.5. The molecule has 2 aromatic rings. The number of phenols is 1. The smallest absolute Gasteiger partial charge is 0.116 e. The predicted molar refractivity (Wildman–Crippen MR) is 55.4 cm³/mol. The Balaban J connectivity index is 2.94. The second-order valence-corrected chi connectivity index (χ2v) is 3.51. The van der Waals surface area contributed by atoms with Gasteiger partial charge in [0, 0.05) is 10.4 Å². The first-order valence-electron chi connectivity index (χ1n) is 4.06. The standard InChI is InChI=1S/C11H9ClO/c1-7-5-9(13)6-8-3-2-4-10(12)11(7)8/h2-6,13H,1H3. The molecule has 0 atom stereocenters. The molecule has 0 saturated carbocycles. The van der Waals surface area contributed by atoms with E-state index in [4.69, 9.17) is 11.6 Å². The number of hydrogen-bond donors (Lipinski definition) is 1. The van der Waals surface area contributed by atoms with E-state index in [0.717, 1.165) is 21.4 Å². The van der Waals surface area contributed by atoms with Crippen molar-refractivity contribution in [2.45, 2.75) is 6.92 Å². The Hall–Kier alpha value is -1.21. The van der Waals surface area contributed by atoms with Crippen molar-refractivity contribution in [3.05, 3.63) is 40.9 Å². The predicted octanol–water partition coefficient (Wildman–Crippen LogP) is 3.51. The number of aryl methyl sites for hydroxylation is 1. The number of hydrogen-bond acceptors (Lipinski definition) is 1. The minimum Gasteiger partial charge on any atom is -0.508 e. The highest BCUT2D eigenvalue weighted by molar-refractivity contribution is 6.35. The van der Waals surface area contributed by atoms with Crippen LogP contribution in [-0.4, -0.2) is 5.11 Å². The van der Waals surface area contributed by atoms with Crippen LogP contribution in [0.5, 0.6) is 5.75 Å². The first-order chi connectivity index (χ1) is 6.18. The van der Waals surface area contributed by atoms with Crippen molar-refractivity contribution in [1.82, 2.24) is 0 Å². The van der Waals surface area contributed by atoms with Crippen LogP contribution in [0.1, 0.15) is 5.56 Å². The summed E-state index contributed by atoms with van der Waals surface area (Å²) in [5.74, 6) is 0.285. The van der Waals surface area contributed by atoms with E-state index in [0.29, 0.717) is 0 Å². The van der Waals surface area contributed by atoms with Crippen LogP contribution in [0.2, 0.25) is 5.02 Å². The van der Waals surface area contributed by atoms with Crippen molar-refractivity contribution >= 4 is 22.4 Å². The largest absolute Gasteiger partial charge is 0.508 e. The molecule has 1 nitrogen and oxygen atoms in total. The summed E-state index contributed by atoms with van der Waals surface area (Å²) in [5.41, 5.74) is 1.00. The lowest BCUT2D eigenvalue weighted by atomic mass is 10.1. The number of halogens is 1. The number of benzene rings is 2. The fraction of sp³-hybridized carbons (Fsp3) is 0.0909. The molecule has 0 aliphatic rings. The van der Waals surface area contributed by atoms with Crippen LogP contribution in [0.25, 0.3) is 10.8 Å². The first-order valence-corrected chi connectivity index (χ1v) is 4.44. The van der Waals surface area contributed by atoms with Crippen LogP contribution in [0.4, 0.5) is 0 Å². The normalized spacial score (nSPS) is 10.6. The Bertz CT molecular complexity index is 463. The maximum absolute atomic E-state index is 9.36. The van der Waals surface area contributed by atoms with Gasteiger partial charge >= 0.3 is 0 Å². The Kier molecular flexibility index (Phi) is 1.89. The maximum Gasteiger partial charge on any atom is 0.116 e. The van der Waals surface area contributed by atoms with E-state index >= 15 is 0 Å². The van der Waals surface area contributed by atoms with Crippen LogP contribution in [0, 0.1) is 6.92 Å². The SMILES string of the molecule is Cc1cc(O)cc2cccc(Cl)c12. The third-order valence-electron chi connectivity index (χ3n) is 2.11. The molecule has 0 aromatic heterocycles. The van der Waals surface area contributed by atoms with Crippen LogP contribution < -0.4 is 0 Å². The number of rotatable bonds is 0. The van der Waals surface area contributed by atoms with E-state index in [-0.39, 0.29) is 5.75 Å². The molecule has 0 radical (unpaired) electrons. The van der Waals surface area contributed by atoms with Gasteiger partial charge in [-0.15, -0.1) is 0 Å². The van der Waals surface area contributed by atoms with E-state index in [9.17, 15) is 5.11 Å². The Morgan fingerprint density at radius 1 is 1.23 bits per heavy atom. The molecule has 0 aliphatic heterocycles. The van der Waals surface area contributed by atoms with Gasteiger partial charge in [0.15, 0.2) is 0 Å². The van der Waals surface area contributed by atoms with Gasteiger partial charge in [-0.2, -0.15) is 0 Å². The summed E-state index contributed by atoms with van der Waals surface area (Å²) < 4.78 is 0. The molecule has 0 amide bonds. The zero-order valence-electron chi connectivity index (χ0n) is 7.21. The number of aromatic hydroxyl groups is 1. The van der Waals surface area contributed by atoms with Gasteiger partial charge < -0.3 is 5.11 Å². The molecule has 0 spiro atoms. The molecule has 0 bridgehead atoms. The molecular formula is C11H9ClO. The molecule has 1 N–H and O–H groups in total. The van der Waals surface area contributed by atoms with Crippen LogP contribution in [0.3, 0.4) is 0 Å². The Labute approximate surface area is 81.6 Å². The van der Waals surface area contributed by atoms with E-state index in [1.54, 1.807) is 12.1 Å². The second kappa shape index (κ2) is 2.93. The van der Waals surface area contributed by atoms with Gasteiger partial charge in [-0.1, -0.05) is 23.7 Å². The summed E-state index contributed by atoms with van der Waals surface area (Å²) in [6.07, 6.45) is 0. The molecule has 0 aliphatic carbocycles. The minimum atomic E-state index is 0.285. The van der Waals surface area contributed by atoms with Gasteiger partial charge in [-0.3, -0.25) is 0 Å². The third kappa shape index (κ3) is 1.36. The zero-order chi connectivity index (χ0) is 9.42. The lowest BCUT2D eigenvalue weighted by molar-refractivity contribution is 0.476. The van der Waals surface area contributed by atoms with Gasteiger partial charge in [0.05, 0.1) is 0 Å². The van der Waals surface area contributed by atoms with Gasteiger partial charge in [0.25, 0.3) is 0 Å². The fourth-order valence-corrected chi connectivity index (χ4v) is 1.90. The summed E-state index contributed by atoms with van der Waals surface area (Å²) in [7, 11) is 0. The molecule has 0 heterocycles. The van der Waals surface area contributed by atoms with E-state index in [1.807, 2.05) is 25.1 Å². The summed E-state index contributed by atoms with van der Waals surface area (Å²) in [6, 6.07) is 9.11. The molecule has 2 heteroatoms. The Morgan fingerprint density at radius 3 is 2.77 bits per heavy atom. The van der Waals surface area contributed by atoms with Crippen molar-refractivity contribution in [2.75, 3.05) is 0 Å². The van der Waals surface area contributed by atoms with E-state index in [2.05, 4.69) is 0 Å². The zero-order valence-corrected chi connectivity index (χ0v) is 7.97. The monoisotopic (exact) mass is 192 g/mol. The molecule has 2 aromatic carbocycles. The molecule has 0 saturated heterocycles. The third-order valence-corrected chi connectivity index (χ3v) is 2.42. The minimum absolute atomic E-state index is 0.285. The molecular weight excluding hydrogens is 184 g/mol. The molecule has 66 valence electrons. The van der Waals surface area contributed by atoms with Gasteiger partial charge in [-0.25, -0.2) is 0 Å². The van der Waals surface area contributed by atoms with Crippen molar-refractivity contribution < 1.29 is 5.11 Å². The van der Waals surface area contributed by atoms with Crippen molar-refractivity contribution in [1.29, 1.82) is 0 Å². The average molecular weight is 193 g/mol. The number of phenolic OH excluding ortho intramolecular Hbond substituents is 1. The summed E-state index contributed by atoms with van der Waals surface area (Å²) in [4.78, 5) is 0. The Morgan fingerprint density at radius 2 is 2.00 bits per heavy atom. The summed E-state index contributed by atoms with van der Waals surface area (Å²) in [5, 5.41) is 12.1. The topological polar surface area (TPSA) is 20.2 Å². The van der Waals surface area contributed by atoms with Crippen LogP contribution in [0.15, 0.2) is 30.3 Å². The maximum atomic E-state index is 9.36. The molecule has 0 unspecified atom stereocenters. The van der Waals surface area contributed by atoms with Gasteiger partial charge in [-0.05, 0) is 36.1 Å². The quantitative estimate of drug-likeness (QED) is 0.677. The second-order valence-electron chi connectivity index (χ2n) is 3.10. The molecule has 2 rings (SSSR count). The highest BCUT2D eigenvalue weighted by Gasteiger charge is 2.02. The fourth-order valence-electron chi connectivity index (χ4n) is 1.57. The van der Waals surface area contributed by atoms with Gasteiger partial charge in [0.1, 0.15) is 5.75 Å². The van der Waals surface area contributed by atoms with E-state index in [1.165, 1.54) is 0 Å². The molecule has 0 fully saturated rings.